The summed E-state index contributed by atoms with van der Waals surface area (Å²) in [6, 6.07) is 3.72. The normalized spacial score (nSPS) is 14.5. The summed E-state index contributed by atoms with van der Waals surface area (Å²) in [4.78, 5) is 0. The van der Waals surface area contributed by atoms with Crippen LogP contribution in [0, 0.1) is 5.92 Å². The van der Waals surface area contributed by atoms with Crippen molar-refractivity contribution in [2.45, 2.75) is 17.7 Å². The van der Waals surface area contributed by atoms with Crippen molar-refractivity contribution in [3.8, 4) is 5.75 Å². The van der Waals surface area contributed by atoms with Gasteiger partial charge in [-0.3, -0.25) is 0 Å². The first-order valence-corrected chi connectivity index (χ1v) is 6.32. The molecule has 0 radical (unpaired) electrons. The number of hydrogen-bond acceptors (Lipinski definition) is 1. The van der Waals surface area contributed by atoms with E-state index < -0.39 is 23.6 Å². The van der Waals surface area contributed by atoms with Crippen LogP contribution in [0.25, 0.3) is 0 Å². The van der Waals surface area contributed by atoms with E-state index in [1.165, 1.54) is 12.1 Å². The molecule has 1 nitrogen and oxygen atoms in total. The van der Waals surface area contributed by atoms with Crippen LogP contribution in [0.4, 0.5) is 26.3 Å². The lowest BCUT2D eigenvalue weighted by Gasteiger charge is -2.28. The number of methoxy groups -OCH3 is 1. The third kappa shape index (κ3) is 3.94. The van der Waals surface area contributed by atoms with E-state index in [1.54, 1.807) is 0 Å². The van der Waals surface area contributed by atoms with Gasteiger partial charge < -0.3 is 4.74 Å². The van der Waals surface area contributed by atoms with Gasteiger partial charge in [0.05, 0.1) is 12.5 Å². The average Bonchev–Trinajstić information content (AvgIpc) is 2.24. The highest BCUT2D eigenvalue weighted by Gasteiger charge is 2.60. The summed E-state index contributed by atoms with van der Waals surface area (Å²) in [6.45, 7) is 0. The lowest BCUT2D eigenvalue weighted by atomic mass is 9.96. The molecule has 0 fully saturated rings. The Labute approximate surface area is 124 Å². The molecule has 0 heterocycles. The van der Waals surface area contributed by atoms with Crippen molar-refractivity contribution >= 4 is 27.5 Å². The highest BCUT2D eigenvalue weighted by molar-refractivity contribution is 9.10. The van der Waals surface area contributed by atoms with Crippen LogP contribution < -0.4 is 4.74 Å². The topological polar surface area (TPSA) is 9.23 Å². The van der Waals surface area contributed by atoms with Crippen LogP contribution in [0.1, 0.15) is 10.9 Å². The van der Waals surface area contributed by atoms with Crippen LogP contribution in [0.15, 0.2) is 22.7 Å². The Morgan fingerprint density at radius 2 is 1.60 bits per heavy atom. The lowest BCUT2D eigenvalue weighted by molar-refractivity contribution is -0.284. The molecule has 1 aromatic carbocycles. The van der Waals surface area contributed by atoms with Gasteiger partial charge in [-0.1, -0.05) is 15.9 Å². The fourth-order valence-electron chi connectivity index (χ4n) is 1.62. The summed E-state index contributed by atoms with van der Waals surface area (Å²) >= 11 is 8.42. The fraction of sp³-hybridized carbons (Fsp3) is 0.455. The summed E-state index contributed by atoms with van der Waals surface area (Å²) in [5.74, 6) is -3.83. The Balaban J connectivity index is 3.33. The van der Waals surface area contributed by atoms with Crippen LogP contribution in [0.5, 0.6) is 5.75 Å². The summed E-state index contributed by atoms with van der Waals surface area (Å²) < 4.78 is 80.8. The molecule has 0 aliphatic heterocycles. The molecule has 0 aromatic heterocycles. The Morgan fingerprint density at radius 3 is 2.00 bits per heavy atom. The zero-order chi connectivity index (χ0) is 15.7. The van der Waals surface area contributed by atoms with E-state index in [-0.39, 0.29) is 11.3 Å². The maximum atomic E-state index is 12.6. The molecular weight excluding hydrogens is 377 g/mol. The van der Waals surface area contributed by atoms with Crippen LogP contribution in [-0.4, -0.2) is 19.5 Å². The second-order valence-electron chi connectivity index (χ2n) is 3.85. The van der Waals surface area contributed by atoms with Crippen molar-refractivity contribution in [1.82, 2.24) is 0 Å². The minimum Gasteiger partial charge on any atom is -0.496 e. The number of rotatable bonds is 3. The highest BCUT2D eigenvalue weighted by Crippen LogP contribution is 2.51. The van der Waals surface area contributed by atoms with Gasteiger partial charge in [-0.05, 0) is 18.2 Å². The second-order valence-corrected chi connectivity index (χ2v) is 5.23. The molecule has 0 aliphatic rings. The maximum absolute atomic E-state index is 12.6. The number of alkyl halides is 7. The molecule has 1 atom stereocenters. The van der Waals surface area contributed by atoms with Crippen LogP contribution in [0.3, 0.4) is 0 Å². The SMILES string of the molecule is COc1ccc(Br)cc1C(Cl)C(C(F)(F)F)C(F)(F)F. The molecule has 0 saturated heterocycles. The van der Waals surface area contributed by atoms with E-state index in [0.717, 1.165) is 13.2 Å². The van der Waals surface area contributed by atoms with Gasteiger partial charge in [0.1, 0.15) is 5.75 Å². The second kappa shape index (κ2) is 6.01. The van der Waals surface area contributed by atoms with Crippen molar-refractivity contribution in [3.63, 3.8) is 0 Å². The summed E-state index contributed by atoms with van der Waals surface area (Å²) in [5.41, 5.74) is -0.386. The van der Waals surface area contributed by atoms with Gasteiger partial charge in [-0.2, -0.15) is 26.3 Å². The first kappa shape index (κ1) is 17.4. The van der Waals surface area contributed by atoms with Gasteiger partial charge in [0, 0.05) is 10.0 Å². The van der Waals surface area contributed by atoms with E-state index in [4.69, 9.17) is 16.3 Å². The third-order valence-corrected chi connectivity index (χ3v) is 3.47. The molecule has 0 amide bonds. The molecule has 0 spiro atoms. The largest absolute Gasteiger partial charge is 0.496 e. The van der Waals surface area contributed by atoms with E-state index in [1.807, 2.05) is 0 Å². The summed E-state index contributed by atoms with van der Waals surface area (Å²) in [5, 5.41) is -2.34. The molecule has 1 aromatic rings. The number of benzene rings is 1. The van der Waals surface area contributed by atoms with Crippen LogP contribution in [-0.2, 0) is 0 Å². The predicted octanol–water partition coefficient (Wildman–Crippen LogP) is 5.48. The first-order chi connectivity index (χ1) is 8.98. The van der Waals surface area contributed by atoms with Gasteiger partial charge in [-0.25, -0.2) is 0 Å². The molecule has 1 rings (SSSR count). The van der Waals surface area contributed by atoms with Crippen LogP contribution >= 0.6 is 27.5 Å². The third-order valence-electron chi connectivity index (χ3n) is 2.49. The van der Waals surface area contributed by atoms with Crippen molar-refractivity contribution in [3.05, 3.63) is 28.2 Å². The summed E-state index contributed by atoms with van der Waals surface area (Å²) in [7, 11) is 1.13. The first-order valence-electron chi connectivity index (χ1n) is 5.09. The standard InChI is InChI=1S/C11H8BrClF6O/c1-20-7-3-2-5(12)4-6(7)8(13)9(10(14,15)16)11(17,18)19/h2-4,8-9H,1H3. The Morgan fingerprint density at radius 1 is 1.10 bits per heavy atom. The van der Waals surface area contributed by atoms with E-state index in [2.05, 4.69) is 15.9 Å². The Kier molecular flexibility index (Phi) is 5.23. The van der Waals surface area contributed by atoms with Crippen molar-refractivity contribution in [1.29, 1.82) is 0 Å². The molecule has 1 unspecified atom stereocenters. The molecule has 20 heavy (non-hydrogen) atoms. The maximum Gasteiger partial charge on any atom is 0.402 e. The molecular formula is C11H8BrClF6O. The Hall–Kier alpha value is -0.630. The molecule has 0 N–H and O–H groups in total. The summed E-state index contributed by atoms with van der Waals surface area (Å²) in [6.07, 6.45) is -11.0. The van der Waals surface area contributed by atoms with Gasteiger partial charge in [0.15, 0.2) is 5.92 Å². The Bertz CT molecular complexity index is 459. The highest BCUT2D eigenvalue weighted by atomic mass is 79.9. The van der Waals surface area contributed by atoms with Crippen LogP contribution in [0.2, 0.25) is 0 Å². The number of hydrogen-bond donors (Lipinski definition) is 0. The predicted molar refractivity (Wildman–Crippen MR) is 64.9 cm³/mol. The lowest BCUT2D eigenvalue weighted by Crippen LogP contribution is -2.39. The molecule has 0 bridgehead atoms. The zero-order valence-electron chi connectivity index (χ0n) is 9.82. The minimum absolute atomic E-state index is 0.147. The minimum atomic E-state index is -5.52. The van der Waals surface area contributed by atoms with Crippen molar-refractivity contribution in [2.75, 3.05) is 7.11 Å². The number of halogens is 8. The van der Waals surface area contributed by atoms with E-state index in [0.29, 0.717) is 4.47 Å². The van der Waals surface area contributed by atoms with E-state index in [9.17, 15) is 26.3 Å². The van der Waals surface area contributed by atoms with E-state index >= 15 is 0 Å². The monoisotopic (exact) mass is 384 g/mol. The van der Waals surface area contributed by atoms with Crippen molar-refractivity contribution < 1.29 is 31.1 Å². The van der Waals surface area contributed by atoms with Gasteiger partial charge in [0.25, 0.3) is 0 Å². The number of ether oxygens (including phenoxy) is 1. The average molecular weight is 386 g/mol. The molecule has 114 valence electrons. The zero-order valence-corrected chi connectivity index (χ0v) is 12.2. The quantitative estimate of drug-likeness (QED) is 0.495. The molecule has 0 saturated carbocycles. The van der Waals surface area contributed by atoms with Gasteiger partial charge >= 0.3 is 12.4 Å². The van der Waals surface area contributed by atoms with Gasteiger partial charge in [-0.15, -0.1) is 11.6 Å². The van der Waals surface area contributed by atoms with Gasteiger partial charge in [0.2, 0.25) is 0 Å². The molecule has 0 aliphatic carbocycles. The van der Waals surface area contributed by atoms with Crippen molar-refractivity contribution in [2.24, 2.45) is 5.92 Å². The molecule has 9 heteroatoms. The fourth-order valence-corrected chi connectivity index (χ4v) is 2.45. The smallest absolute Gasteiger partial charge is 0.402 e.